The van der Waals surface area contributed by atoms with Gasteiger partial charge in [-0.1, -0.05) is 11.8 Å². The fourth-order valence-electron chi connectivity index (χ4n) is 2.17. The lowest BCUT2D eigenvalue weighted by molar-refractivity contribution is -0.121. The summed E-state index contributed by atoms with van der Waals surface area (Å²) in [4.78, 5) is 23.0. The quantitative estimate of drug-likeness (QED) is 0.483. The fourth-order valence-corrected chi connectivity index (χ4v) is 2.17. The van der Waals surface area contributed by atoms with Crippen LogP contribution in [0, 0.1) is 11.8 Å². The number of fused-ring (bicyclic) bond motifs is 1. The van der Waals surface area contributed by atoms with Crippen LogP contribution in [0.2, 0.25) is 0 Å². The van der Waals surface area contributed by atoms with Gasteiger partial charge in [-0.2, -0.15) is 5.10 Å². The molecule has 7 nitrogen and oxygen atoms in total. The maximum Gasteiger partial charge on any atom is 0.323 e. The van der Waals surface area contributed by atoms with Gasteiger partial charge in [0.05, 0.1) is 5.52 Å². The molecule has 0 radical (unpaired) electrons. The molecule has 1 fully saturated rings. The smallest absolute Gasteiger partial charge is 0.323 e. The van der Waals surface area contributed by atoms with Crippen LogP contribution in [0.25, 0.3) is 10.9 Å². The molecule has 3 rings (SSSR count). The highest BCUT2D eigenvalue weighted by atomic mass is 16.2. The topological polar surface area (TPSA) is 102 Å². The third kappa shape index (κ3) is 2.22. The number of urea groups is 1. The molecular weight excluding hydrogens is 270 g/mol. The Morgan fingerprint density at radius 2 is 2.24 bits per heavy atom. The Balaban J connectivity index is 1.98. The molecule has 106 valence electrons. The minimum absolute atomic E-state index is 0.0938. The van der Waals surface area contributed by atoms with Gasteiger partial charge in [-0.15, -0.1) is 0 Å². The molecule has 7 heteroatoms. The Hall–Kier alpha value is -2.85. The second-order valence-corrected chi connectivity index (χ2v) is 4.84. The van der Waals surface area contributed by atoms with E-state index in [1.165, 1.54) is 0 Å². The van der Waals surface area contributed by atoms with Crippen LogP contribution in [0.4, 0.5) is 4.79 Å². The first kappa shape index (κ1) is 13.1. The Labute approximate surface area is 120 Å². The number of nitrogens with two attached hydrogens (primary N) is 1. The van der Waals surface area contributed by atoms with Crippen molar-refractivity contribution in [1.29, 1.82) is 0 Å². The van der Waals surface area contributed by atoms with E-state index < -0.39 is 17.5 Å². The second kappa shape index (κ2) is 4.61. The van der Waals surface area contributed by atoms with Gasteiger partial charge in [0, 0.05) is 30.7 Å². The van der Waals surface area contributed by atoms with Crippen molar-refractivity contribution in [3.63, 3.8) is 0 Å². The van der Waals surface area contributed by atoms with Gasteiger partial charge in [-0.05, 0) is 18.2 Å². The molecule has 1 aliphatic heterocycles. The minimum atomic E-state index is -1.36. The van der Waals surface area contributed by atoms with E-state index in [0.29, 0.717) is 5.56 Å². The van der Waals surface area contributed by atoms with Crippen LogP contribution in [0.1, 0.15) is 5.56 Å². The predicted octanol–water partition coefficient (Wildman–Crippen LogP) is -0.538. The van der Waals surface area contributed by atoms with Gasteiger partial charge in [-0.25, -0.2) is 4.79 Å². The SMILES string of the molecule is Cn1cc2ccc(C#C[C@]3(CN)NC(=O)NC3=O)cc2n1. The molecule has 0 aliphatic carbocycles. The number of nitrogens with zero attached hydrogens (tertiary/aromatic N) is 2. The zero-order valence-electron chi connectivity index (χ0n) is 11.3. The molecule has 1 aromatic heterocycles. The average Bonchev–Trinajstić information content (AvgIpc) is 2.95. The Kier molecular flexibility index (Phi) is 2.89. The Morgan fingerprint density at radius 3 is 2.90 bits per heavy atom. The van der Waals surface area contributed by atoms with Crippen molar-refractivity contribution >= 4 is 22.8 Å². The second-order valence-electron chi connectivity index (χ2n) is 4.84. The molecule has 3 amide bonds. The number of hydrogen-bond acceptors (Lipinski definition) is 4. The molecule has 21 heavy (non-hydrogen) atoms. The number of rotatable bonds is 1. The predicted molar refractivity (Wildman–Crippen MR) is 76.1 cm³/mol. The molecule has 0 unspecified atom stereocenters. The lowest BCUT2D eigenvalue weighted by atomic mass is 10.0. The molecule has 1 aliphatic rings. The molecule has 0 bridgehead atoms. The summed E-state index contributed by atoms with van der Waals surface area (Å²) < 4.78 is 1.72. The number of aryl methyl sites for hydroxylation is 1. The van der Waals surface area contributed by atoms with E-state index in [0.717, 1.165) is 10.9 Å². The van der Waals surface area contributed by atoms with Gasteiger partial charge < -0.3 is 11.1 Å². The summed E-state index contributed by atoms with van der Waals surface area (Å²) in [6.45, 7) is -0.0938. The maximum absolute atomic E-state index is 11.8. The number of aromatic nitrogens is 2. The molecule has 0 spiro atoms. The van der Waals surface area contributed by atoms with Crippen LogP contribution in [-0.2, 0) is 11.8 Å². The minimum Gasteiger partial charge on any atom is -0.327 e. The fraction of sp³-hybridized carbons (Fsp3) is 0.214. The highest BCUT2D eigenvalue weighted by molar-refractivity contribution is 6.09. The van der Waals surface area contributed by atoms with Crippen LogP contribution in [0.5, 0.6) is 0 Å². The van der Waals surface area contributed by atoms with Crippen molar-refractivity contribution in [1.82, 2.24) is 20.4 Å². The first-order valence-corrected chi connectivity index (χ1v) is 6.33. The van der Waals surface area contributed by atoms with Gasteiger partial charge in [-0.3, -0.25) is 14.8 Å². The van der Waals surface area contributed by atoms with E-state index in [2.05, 4.69) is 27.6 Å². The number of benzene rings is 1. The lowest BCUT2D eigenvalue weighted by Gasteiger charge is -2.16. The van der Waals surface area contributed by atoms with Crippen molar-refractivity contribution in [3.8, 4) is 11.8 Å². The van der Waals surface area contributed by atoms with Crippen molar-refractivity contribution in [2.45, 2.75) is 5.54 Å². The molecule has 1 saturated heterocycles. The number of nitrogens with one attached hydrogen (secondary N) is 2. The van der Waals surface area contributed by atoms with E-state index in [1.54, 1.807) is 4.68 Å². The Morgan fingerprint density at radius 1 is 1.43 bits per heavy atom. The standard InChI is InChI=1S/C14H13N5O2/c1-19-7-10-3-2-9(6-11(10)18-19)4-5-14(8-15)12(20)16-13(21)17-14/h2-3,6-7H,8,15H2,1H3,(H2,16,17,20,21)/t14-/m1/s1. The number of imide groups is 1. The molecule has 2 heterocycles. The van der Waals surface area contributed by atoms with E-state index in [4.69, 9.17) is 5.73 Å². The van der Waals surface area contributed by atoms with E-state index >= 15 is 0 Å². The maximum atomic E-state index is 11.8. The van der Waals surface area contributed by atoms with Crippen molar-refractivity contribution in [3.05, 3.63) is 30.0 Å². The van der Waals surface area contributed by atoms with Crippen LogP contribution in [0.3, 0.4) is 0 Å². The van der Waals surface area contributed by atoms with Gasteiger partial charge >= 0.3 is 6.03 Å². The van der Waals surface area contributed by atoms with Gasteiger partial charge in [0.15, 0.2) is 5.54 Å². The summed E-state index contributed by atoms with van der Waals surface area (Å²) in [5, 5.41) is 9.90. The average molecular weight is 283 g/mol. The van der Waals surface area contributed by atoms with Crippen LogP contribution < -0.4 is 16.4 Å². The highest BCUT2D eigenvalue weighted by Crippen LogP contribution is 2.14. The van der Waals surface area contributed by atoms with E-state index in [9.17, 15) is 9.59 Å². The lowest BCUT2D eigenvalue weighted by Crippen LogP contribution is -2.51. The van der Waals surface area contributed by atoms with Gasteiger partial charge in [0.2, 0.25) is 0 Å². The third-order valence-electron chi connectivity index (χ3n) is 3.29. The summed E-state index contributed by atoms with van der Waals surface area (Å²) in [6, 6.07) is 4.96. The van der Waals surface area contributed by atoms with Crippen LogP contribution in [0.15, 0.2) is 24.4 Å². The number of amides is 3. The van der Waals surface area contributed by atoms with Crippen molar-refractivity contribution < 1.29 is 9.59 Å². The van der Waals surface area contributed by atoms with Crippen LogP contribution in [-0.4, -0.2) is 33.8 Å². The molecular formula is C14H13N5O2. The zero-order chi connectivity index (χ0) is 15.0. The summed E-state index contributed by atoms with van der Waals surface area (Å²) >= 11 is 0. The molecule has 1 atom stereocenters. The van der Waals surface area contributed by atoms with E-state index in [1.807, 2.05) is 31.4 Å². The summed E-state index contributed by atoms with van der Waals surface area (Å²) in [7, 11) is 1.84. The molecule has 4 N–H and O–H groups in total. The zero-order valence-corrected chi connectivity index (χ0v) is 11.3. The van der Waals surface area contributed by atoms with E-state index in [-0.39, 0.29) is 6.54 Å². The largest absolute Gasteiger partial charge is 0.327 e. The highest BCUT2D eigenvalue weighted by Gasteiger charge is 2.43. The summed E-state index contributed by atoms with van der Waals surface area (Å²) in [6.07, 6.45) is 1.90. The van der Waals surface area contributed by atoms with Gasteiger partial charge in [0.25, 0.3) is 5.91 Å². The molecule has 2 aromatic rings. The first-order chi connectivity index (χ1) is 10.0. The first-order valence-electron chi connectivity index (χ1n) is 6.33. The van der Waals surface area contributed by atoms with Gasteiger partial charge in [0.1, 0.15) is 0 Å². The number of hydrogen-bond donors (Lipinski definition) is 3. The normalized spacial score (nSPS) is 20.9. The van der Waals surface area contributed by atoms with Crippen molar-refractivity contribution in [2.24, 2.45) is 12.8 Å². The van der Waals surface area contributed by atoms with Crippen LogP contribution >= 0.6 is 0 Å². The third-order valence-corrected chi connectivity index (χ3v) is 3.29. The summed E-state index contributed by atoms with van der Waals surface area (Å²) in [5.41, 5.74) is 5.73. The summed E-state index contributed by atoms with van der Waals surface area (Å²) in [5.74, 6) is 5.11. The molecule has 1 aromatic carbocycles. The monoisotopic (exact) mass is 283 g/mol. The molecule has 0 saturated carbocycles. The number of carbonyl (C=O) groups is 2. The number of carbonyl (C=O) groups excluding carboxylic acids is 2. The van der Waals surface area contributed by atoms with Crippen molar-refractivity contribution in [2.75, 3.05) is 6.54 Å². The Bertz CT molecular complexity index is 814.